The number of nitrogens with zero attached hydrogens (tertiary/aromatic N) is 1. The predicted molar refractivity (Wildman–Crippen MR) is 66.3 cm³/mol. The second-order valence-electron chi connectivity index (χ2n) is 4.78. The van der Waals surface area contributed by atoms with Gasteiger partial charge in [0.05, 0.1) is 6.61 Å². The summed E-state index contributed by atoms with van der Waals surface area (Å²) in [6, 6.07) is 0.0644. The molecule has 0 heterocycles. The van der Waals surface area contributed by atoms with E-state index < -0.39 is 5.97 Å². The Morgan fingerprint density at radius 3 is 2.61 bits per heavy atom. The average Bonchev–Trinajstić information content (AvgIpc) is 3.08. The van der Waals surface area contributed by atoms with E-state index >= 15 is 0 Å². The smallest absolute Gasteiger partial charge is 0.317 e. The van der Waals surface area contributed by atoms with Crippen LogP contribution in [-0.2, 0) is 4.79 Å². The van der Waals surface area contributed by atoms with Gasteiger partial charge in [-0.15, -0.1) is 0 Å². The Kier molecular flexibility index (Phi) is 5.91. The molecular weight excluding hydrogens is 236 g/mol. The highest BCUT2D eigenvalue weighted by Gasteiger charge is 2.32. The first-order valence-corrected chi connectivity index (χ1v) is 6.44. The topological polar surface area (TPSA) is 89.9 Å². The van der Waals surface area contributed by atoms with Crippen LogP contribution in [0, 0.1) is 0 Å². The molecule has 2 amide bonds. The van der Waals surface area contributed by atoms with Crippen molar-refractivity contribution in [3.8, 4) is 0 Å². The monoisotopic (exact) mass is 258 g/mol. The minimum absolute atomic E-state index is 0.0304. The molecule has 0 bridgehead atoms. The van der Waals surface area contributed by atoms with Crippen LogP contribution in [0.1, 0.15) is 39.0 Å². The van der Waals surface area contributed by atoms with Crippen LogP contribution >= 0.6 is 0 Å². The molecule has 0 aromatic carbocycles. The fraction of sp³-hybridized carbons (Fsp3) is 0.833. The molecule has 1 rings (SSSR count). The average molecular weight is 258 g/mol. The molecule has 1 aliphatic carbocycles. The van der Waals surface area contributed by atoms with Gasteiger partial charge in [-0.1, -0.05) is 0 Å². The normalized spacial score (nSPS) is 16.1. The summed E-state index contributed by atoms with van der Waals surface area (Å²) in [5.74, 6) is -0.812. The Morgan fingerprint density at radius 1 is 1.44 bits per heavy atom. The second-order valence-corrected chi connectivity index (χ2v) is 4.78. The van der Waals surface area contributed by atoms with Crippen molar-refractivity contribution in [2.75, 3.05) is 13.2 Å². The summed E-state index contributed by atoms with van der Waals surface area (Å²) >= 11 is 0. The van der Waals surface area contributed by atoms with Crippen molar-refractivity contribution in [3.63, 3.8) is 0 Å². The van der Waals surface area contributed by atoms with Gasteiger partial charge in [-0.2, -0.15) is 0 Å². The van der Waals surface area contributed by atoms with E-state index in [2.05, 4.69) is 5.32 Å². The molecule has 3 N–H and O–H groups in total. The first-order valence-electron chi connectivity index (χ1n) is 6.44. The summed E-state index contributed by atoms with van der Waals surface area (Å²) in [7, 11) is 0. The maximum absolute atomic E-state index is 11.9. The minimum atomic E-state index is -0.812. The van der Waals surface area contributed by atoms with E-state index in [9.17, 15) is 9.59 Å². The van der Waals surface area contributed by atoms with Crippen molar-refractivity contribution in [1.29, 1.82) is 0 Å². The van der Waals surface area contributed by atoms with Crippen LogP contribution in [-0.4, -0.2) is 52.3 Å². The van der Waals surface area contributed by atoms with Crippen LogP contribution in [0.15, 0.2) is 0 Å². The number of carbonyl (C=O) groups excluding carboxylic acids is 1. The first kappa shape index (κ1) is 14.8. The fourth-order valence-corrected chi connectivity index (χ4v) is 1.87. The zero-order chi connectivity index (χ0) is 13.5. The number of carboxylic acids is 1. The van der Waals surface area contributed by atoms with Crippen LogP contribution in [0.2, 0.25) is 0 Å². The Balaban J connectivity index is 2.26. The van der Waals surface area contributed by atoms with Crippen molar-refractivity contribution in [2.24, 2.45) is 0 Å². The number of aliphatic carboxylic acids is 1. The van der Waals surface area contributed by atoms with Crippen molar-refractivity contribution in [2.45, 2.75) is 51.1 Å². The van der Waals surface area contributed by atoms with E-state index in [-0.39, 0.29) is 31.1 Å². The summed E-state index contributed by atoms with van der Waals surface area (Å²) < 4.78 is 0. The van der Waals surface area contributed by atoms with Crippen molar-refractivity contribution in [1.82, 2.24) is 10.2 Å². The van der Waals surface area contributed by atoms with E-state index in [4.69, 9.17) is 10.2 Å². The maximum Gasteiger partial charge on any atom is 0.317 e. The molecule has 0 saturated heterocycles. The first-order chi connectivity index (χ1) is 8.54. The molecule has 1 fully saturated rings. The lowest BCUT2D eigenvalue weighted by molar-refractivity contribution is -0.137. The van der Waals surface area contributed by atoms with Gasteiger partial charge in [-0.3, -0.25) is 4.79 Å². The number of aliphatic hydroxyl groups excluding tert-OH is 1. The highest BCUT2D eigenvalue weighted by atomic mass is 16.4. The Hall–Kier alpha value is -1.30. The molecule has 18 heavy (non-hydrogen) atoms. The van der Waals surface area contributed by atoms with Gasteiger partial charge in [0.15, 0.2) is 0 Å². The van der Waals surface area contributed by atoms with Crippen LogP contribution in [0.3, 0.4) is 0 Å². The van der Waals surface area contributed by atoms with Gasteiger partial charge >= 0.3 is 12.0 Å². The van der Waals surface area contributed by atoms with Crippen molar-refractivity contribution in [3.05, 3.63) is 0 Å². The number of hydrogen-bond donors (Lipinski definition) is 3. The maximum atomic E-state index is 11.9. The van der Waals surface area contributed by atoms with Gasteiger partial charge in [0.2, 0.25) is 0 Å². The zero-order valence-corrected chi connectivity index (χ0v) is 10.8. The van der Waals surface area contributed by atoms with E-state index in [1.807, 2.05) is 6.92 Å². The Bertz CT molecular complexity index is 292. The van der Waals surface area contributed by atoms with Gasteiger partial charge in [0.1, 0.15) is 0 Å². The van der Waals surface area contributed by atoms with Crippen LogP contribution < -0.4 is 5.32 Å². The largest absolute Gasteiger partial charge is 0.481 e. The third-order valence-electron chi connectivity index (χ3n) is 2.99. The SMILES string of the molecule is CC(CCCC(=O)O)NC(=O)N(CCO)C1CC1. The Morgan fingerprint density at radius 2 is 2.11 bits per heavy atom. The van der Waals surface area contributed by atoms with Gasteiger partial charge in [0, 0.05) is 25.0 Å². The number of hydrogen-bond acceptors (Lipinski definition) is 3. The standard InChI is InChI=1S/C12H22N2O4/c1-9(3-2-4-11(16)17)13-12(18)14(7-8-15)10-5-6-10/h9-10,15H,2-8H2,1H3,(H,13,18)(H,16,17). The summed E-state index contributed by atoms with van der Waals surface area (Å²) in [5, 5.41) is 20.3. The summed E-state index contributed by atoms with van der Waals surface area (Å²) in [4.78, 5) is 23.9. The second kappa shape index (κ2) is 7.20. The van der Waals surface area contributed by atoms with Crippen molar-refractivity contribution < 1.29 is 19.8 Å². The number of rotatable bonds is 8. The molecular formula is C12H22N2O4. The van der Waals surface area contributed by atoms with Crippen molar-refractivity contribution >= 4 is 12.0 Å². The van der Waals surface area contributed by atoms with E-state index in [0.29, 0.717) is 19.4 Å². The van der Waals surface area contributed by atoms with Crippen LogP contribution in [0.5, 0.6) is 0 Å². The molecule has 0 aromatic heterocycles. The zero-order valence-electron chi connectivity index (χ0n) is 10.8. The third kappa shape index (κ3) is 5.35. The number of carbonyl (C=O) groups is 2. The fourth-order valence-electron chi connectivity index (χ4n) is 1.87. The molecule has 6 heteroatoms. The molecule has 104 valence electrons. The lowest BCUT2D eigenvalue weighted by Crippen LogP contribution is -2.46. The van der Waals surface area contributed by atoms with Gasteiger partial charge < -0.3 is 20.4 Å². The number of aliphatic hydroxyl groups is 1. The lowest BCUT2D eigenvalue weighted by Gasteiger charge is -2.24. The van der Waals surface area contributed by atoms with E-state index in [0.717, 1.165) is 12.8 Å². The van der Waals surface area contributed by atoms with Crippen LogP contribution in [0.25, 0.3) is 0 Å². The number of amides is 2. The molecule has 0 radical (unpaired) electrons. The highest BCUT2D eigenvalue weighted by Crippen LogP contribution is 2.26. The van der Waals surface area contributed by atoms with E-state index in [1.54, 1.807) is 4.90 Å². The lowest BCUT2D eigenvalue weighted by atomic mass is 10.1. The summed E-state index contributed by atoms with van der Waals surface area (Å²) in [5.41, 5.74) is 0. The van der Waals surface area contributed by atoms with Crippen LogP contribution in [0.4, 0.5) is 4.79 Å². The molecule has 1 unspecified atom stereocenters. The molecule has 6 nitrogen and oxygen atoms in total. The molecule has 0 spiro atoms. The molecule has 0 aliphatic heterocycles. The minimum Gasteiger partial charge on any atom is -0.481 e. The molecule has 0 aromatic rings. The number of urea groups is 1. The summed E-state index contributed by atoms with van der Waals surface area (Å²) in [6.45, 7) is 2.19. The quantitative estimate of drug-likeness (QED) is 0.600. The summed E-state index contributed by atoms with van der Waals surface area (Å²) in [6.07, 6.45) is 3.33. The molecule has 1 atom stereocenters. The van der Waals surface area contributed by atoms with Gasteiger partial charge in [0.25, 0.3) is 0 Å². The third-order valence-corrected chi connectivity index (χ3v) is 2.99. The Labute approximate surface area is 107 Å². The molecule has 1 aliphatic rings. The molecule has 1 saturated carbocycles. The number of carboxylic acid groups (broad SMARTS) is 1. The highest BCUT2D eigenvalue weighted by molar-refractivity contribution is 5.75. The predicted octanol–water partition coefficient (Wildman–Crippen LogP) is 0.796. The van der Waals surface area contributed by atoms with Gasteiger partial charge in [-0.25, -0.2) is 4.79 Å². The van der Waals surface area contributed by atoms with Gasteiger partial charge in [-0.05, 0) is 32.6 Å². The number of nitrogens with one attached hydrogen (secondary N) is 1. The van der Waals surface area contributed by atoms with E-state index in [1.165, 1.54) is 0 Å².